The molecule has 1 aliphatic heterocycles. The zero-order valence-electron chi connectivity index (χ0n) is 11.5. The fourth-order valence-electron chi connectivity index (χ4n) is 3.24. The molecule has 5 nitrogen and oxygen atoms in total. The molecular weight excluding hydrogens is 292 g/mol. The minimum Gasteiger partial charge on any atom is -0.507 e. The second-order valence-corrected chi connectivity index (χ2v) is 6.06. The summed E-state index contributed by atoms with van der Waals surface area (Å²) in [5.41, 5.74) is 0.193. The van der Waals surface area contributed by atoms with Crippen LogP contribution in [-0.2, 0) is 4.79 Å². The van der Waals surface area contributed by atoms with Crippen molar-refractivity contribution >= 4 is 23.4 Å². The smallest absolute Gasteiger partial charge is 0.258 e. The van der Waals surface area contributed by atoms with Gasteiger partial charge < -0.3 is 15.3 Å². The molecule has 0 radical (unpaired) electrons. The van der Waals surface area contributed by atoms with E-state index in [1.54, 1.807) is 11.0 Å². The van der Waals surface area contributed by atoms with Crippen LogP contribution in [0.5, 0.6) is 5.75 Å². The van der Waals surface area contributed by atoms with Gasteiger partial charge in [-0.25, -0.2) is 0 Å². The topological polar surface area (TPSA) is 69.6 Å². The quantitative estimate of drug-likeness (QED) is 0.833. The first-order chi connectivity index (χ1) is 10.1. The lowest BCUT2D eigenvalue weighted by Crippen LogP contribution is -2.62. The Labute approximate surface area is 127 Å². The van der Waals surface area contributed by atoms with Crippen LogP contribution in [0.2, 0.25) is 5.02 Å². The average Bonchev–Trinajstić information content (AvgIpc) is 2.45. The number of hydrogen-bond donors (Lipinski definition) is 2. The van der Waals surface area contributed by atoms with E-state index in [0.717, 1.165) is 25.7 Å². The summed E-state index contributed by atoms with van der Waals surface area (Å²) in [7, 11) is 0. The van der Waals surface area contributed by atoms with E-state index in [4.69, 9.17) is 11.6 Å². The second-order valence-electron chi connectivity index (χ2n) is 5.62. The van der Waals surface area contributed by atoms with Crippen molar-refractivity contribution < 1.29 is 14.7 Å². The lowest BCUT2D eigenvalue weighted by atomic mass is 9.87. The lowest BCUT2D eigenvalue weighted by molar-refractivity contribution is -0.127. The highest BCUT2D eigenvalue weighted by molar-refractivity contribution is 6.30. The number of rotatable bonds is 1. The van der Waals surface area contributed by atoms with E-state index in [-0.39, 0.29) is 41.8 Å². The molecule has 2 atom stereocenters. The normalized spacial score (nSPS) is 25.2. The van der Waals surface area contributed by atoms with Crippen LogP contribution >= 0.6 is 11.6 Å². The maximum Gasteiger partial charge on any atom is 0.258 e. The Kier molecular flexibility index (Phi) is 3.76. The van der Waals surface area contributed by atoms with Crippen molar-refractivity contribution in [3.8, 4) is 5.75 Å². The third-order valence-electron chi connectivity index (χ3n) is 4.24. The highest BCUT2D eigenvalue weighted by atomic mass is 35.5. The lowest BCUT2D eigenvalue weighted by Gasteiger charge is -2.44. The molecule has 1 saturated carbocycles. The van der Waals surface area contributed by atoms with Crippen LogP contribution in [0.15, 0.2) is 18.2 Å². The molecule has 1 aromatic carbocycles. The standard InChI is InChI=1S/C15H17ClN2O3/c16-9-5-6-10(13(19)7-9)15(21)18-8-14(20)17-11-3-1-2-4-12(11)18/h5-7,11-12,19H,1-4,8H2,(H,17,20)/t11-,12-/m1/s1. The molecule has 2 amide bonds. The highest BCUT2D eigenvalue weighted by Gasteiger charge is 2.39. The molecule has 0 bridgehead atoms. The number of nitrogens with one attached hydrogen (secondary N) is 1. The van der Waals surface area contributed by atoms with E-state index in [1.165, 1.54) is 12.1 Å². The summed E-state index contributed by atoms with van der Waals surface area (Å²) in [6.45, 7) is 0.0437. The molecule has 2 fully saturated rings. The van der Waals surface area contributed by atoms with E-state index in [9.17, 15) is 14.7 Å². The van der Waals surface area contributed by atoms with Gasteiger partial charge in [-0.05, 0) is 31.0 Å². The maximum atomic E-state index is 12.7. The van der Waals surface area contributed by atoms with Crippen molar-refractivity contribution in [2.45, 2.75) is 37.8 Å². The van der Waals surface area contributed by atoms with Crippen LogP contribution in [0.25, 0.3) is 0 Å². The number of piperazine rings is 1. The molecule has 1 heterocycles. The van der Waals surface area contributed by atoms with E-state index in [0.29, 0.717) is 5.02 Å². The van der Waals surface area contributed by atoms with Crippen molar-refractivity contribution in [3.63, 3.8) is 0 Å². The summed E-state index contributed by atoms with van der Waals surface area (Å²) in [5.74, 6) is -0.596. The summed E-state index contributed by atoms with van der Waals surface area (Å²) in [6.07, 6.45) is 3.89. The van der Waals surface area contributed by atoms with E-state index in [1.807, 2.05) is 0 Å². The van der Waals surface area contributed by atoms with Crippen LogP contribution in [-0.4, -0.2) is 40.4 Å². The molecule has 3 rings (SSSR count). The van der Waals surface area contributed by atoms with E-state index in [2.05, 4.69) is 5.32 Å². The third kappa shape index (κ3) is 2.70. The molecule has 2 aliphatic rings. The summed E-state index contributed by atoms with van der Waals surface area (Å²) in [6, 6.07) is 4.45. The monoisotopic (exact) mass is 308 g/mol. The maximum absolute atomic E-state index is 12.7. The molecule has 0 aromatic heterocycles. The number of fused-ring (bicyclic) bond motifs is 1. The van der Waals surface area contributed by atoms with Gasteiger partial charge in [0.25, 0.3) is 5.91 Å². The van der Waals surface area contributed by atoms with Crippen molar-refractivity contribution in [3.05, 3.63) is 28.8 Å². The minimum atomic E-state index is -0.309. The van der Waals surface area contributed by atoms with E-state index >= 15 is 0 Å². The Hall–Kier alpha value is -1.75. The van der Waals surface area contributed by atoms with Gasteiger partial charge in [0.1, 0.15) is 12.3 Å². The molecule has 112 valence electrons. The molecule has 0 unspecified atom stereocenters. The van der Waals surface area contributed by atoms with E-state index < -0.39 is 0 Å². The fourth-order valence-corrected chi connectivity index (χ4v) is 3.41. The van der Waals surface area contributed by atoms with Gasteiger partial charge in [0.05, 0.1) is 11.6 Å². The Morgan fingerprint density at radius 3 is 2.86 bits per heavy atom. The predicted molar refractivity (Wildman–Crippen MR) is 78.3 cm³/mol. The van der Waals surface area contributed by atoms with Gasteiger partial charge in [-0.15, -0.1) is 0 Å². The zero-order chi connectivity index (χ0) is 15.0. The van der Waals surface area contributed by atoms with Crippen LogP contribution in [0.1, 0.15) is 36.0 Å². The van der Waals surface area contributed by atoms with Crippen molar-refractivity contribution in [1.82, 2.24) is 10.2 Å². The molecule has 1 aliphatic carbocycles. The molecule has 0 spiro atoms. The van der Waals surface area contributed by atoms with Crippen molar-refractivity contribution in [2.75, 3.05) is 6.54 Å². The van der Waals surface area contributed by atoms with Gasteiger partial charge in [0.15, 0.2) is 0 Å². The SMILES string of the molecule is O=C1CN(C(=O)c2ccc(Cl)cc2O)[C@@H]2CCCC[C@H]2N1. The fraction of sp³-hybridized carbons (Fsp3) is 0.467. The molecule has 1 aromatic rings. The van der Waals surface area contributed by atoms with Crippen molar-refractivity contribution in [2.24, 2.45) is 0 Å². The Morgan fingerprint density at radius 1 is 1.33 bits per heavy atom. The molecule has 1 saturated heterocycles. The van der Waals surface area contributed by atoms with Crippen molar-refractivity contribution in [1.29, 1.82) is 0 Å². The summed E-state index contributed by atoms with van der Waals surface area (Å²) in [5, 5.41) is 13.3. The van der Waals surface area contributed by atoms with Crippen LogP contribution < -0.4 is 5.32 Å². The number of phenolic OH excluding ortho intramolecular Hbond substituents is 1. The first-order valence-electron chi connectivity index (χ1n) is 7.15. The first kappa shape index (κ1) is 14.2. The van der Waals surface area contributed by atoms with Gasteiger partial charge in [0, 0.05) is 11.1 Å². The van der Waals surface area contributed by atoms with Crippen LogP contribution in [0, 0.1) is 0 Å². The Morgan fingerprint density at radius 2 is 2.10 bits per heavy atom. The average molecular weight is 309 g/mol. The number of carbonyl (C=O) groups is 2. The third-order valence-corrected chi connectivity index (χ3v) is 4.48. The Bertz CT molecular complexity index is 590. The van der Waals surface area contributed by atoms with Gasteiger partial charge in [-0.3, -0.25) is 9.59 Å². The molecule has 6 heteroatoms. The van der Waals surface area contributed by atoms with Gasteiger partial charge >= 0.3 is 0 Å². The number of carbonyl (C=O) groups excluding carboxylic acids is 2. The summed E-state index contributed by atoms with van der Waals surface area (Å²) < 4.78 is 0. The van der Waals surface area contributed by atoms with Crippen LogP contribution in [0.3, 0.4) is 0 Å². The van der Waals surface area contributed by atoms with Gasteiger partial charge in [0.2, 0.25) is 5.91 Å². The summed E-state index contributed by atoms with van der Waals surface area (Å²) >= 11 is 5.79. The Balaban J connectivity index is 1.89. The molecular formula is C15H17ClN2O3. The summed E-state index contributed by atoms with van der Waals surface area (Å²) in [4.78, 5) is 26.1. The molecule has 21 heavy (non-hydrogen) atoms. The number of amides is 2. The zero-order valence-corrected chi connectivity index (χ0v) is 12.3. The predicted octanol–water partition coefficient (Wildman–Crippen LogP) is 1.93. The highest BCUT2D eigenvalue weighted by Crippen LogP contribution is 2.29. The number of aromatic hydroxyl groups is 1. The number of benzene rings is 1. The second kappa shape index (κ2) is 5.56. The number of nitrogens with zero attached hydrogens (tertiary/aromatic N) is 1. The van der Waals surface area contributed by atoms with Gasteiger partial charge in [-0.2, -0.15) is 0 Å². The number of hydrogen-bond acceptors (Lipinski definition) is 3. The number of halogens is 1. The minimum absolute atomic E-state index is 0.0130. The molecule has 2 N–H and O–H groups in total. The first-order valence-corrected chi connectivity index (χ1v) is 7.53. The van der Waals surface area contributed by atoms with Crippen LogP contribution in [0.4, 0.5) is 0 Å². The van der Waals surface area contributed by atoms with Gasteiger partial charge in [-0.1, -0.05) is 24.4 Å². The largest absolute Gasteiger partial charge is 0.507 e. The number of phenols is 1.